The predicted octanol–water partition coefficient (Wildman–Crippen LogP) is 4.36. The van der Waals surface area contributed by atoms with Crippen molar-refractivity contribution in [3.63, 3.8) is 0 Å². The Kier molecular flexibility index (Phi) is 16.9. The second-order valence-electron chi connectivity index (χ2n) is 5.12. The van der Waals surface area contributed by atoms with Crippen LogP contribution in [0.15, 0.2) is 0 Å². The summed E-state index contributed by atoms with van der Waals surface area (Å²) in [4.78, 5) is 0. The first-order valence-electron chi connectivity index (χ1n) is 8.14. The highest BCUT2D eigenvalue weighted by molar-refractivity contribution is 6.35. The van der Waals surface area contributed by atoms with Gasteiger partial charge in [-0.2, -0.15) is 0 Å². The van der Waals surface area contributed by atoms with Crippen molar-refractivity contribution in [1.82, 2.24) is 0 Å². The third kappa shape index (κ3) is 14.6. The summed E-state index contributed by atoms with van der Waals surface area (Å²) in [6.07, 6.45) is 8.23. The molecule has 0 N–H and O–H groups in total. The van der Waals surface area contributed by atoms with Crippen molar-refractivity contribution in [2.24, 2.45) is 0 Å². The lowest BCUT2D eigenvalue weighted by molar-refractivity contribution is -0.147. The highest BCUT2D eigenvalue weighted by Gasteiger charge is 2.08. The second kappa shape index (κ2) is 16.5. The molecule has 0 unspecified atom stereocenters. The molecule has 4 heteroatoms. The van der Waals surface area contributed by atoms with E-state index in [9.17, 15) is 0 Å². The molecule has 2 nitrogen and oxygen atoms in total. The Morgan fingerprint density at radius 2 is 1.47 bits per heavy atom. The second-order valence-corrected chi connectivity index (χ2v) is 7.62. The molecule has 0 amide bonds. The van der Waals surface area contributed by atoms with E-state index in [1.807, 2.05) is 0 Å². The summed E-state index contributed by atoms with van der Waals surface area (Å²) in [5.74, 6) is 0.829. The summed E-state index contributed by atoms with van der Waals surface area (Å²) in [5, 5.41) is 0. The largest absolute Gasteiger partial charge is 0.353 e. The molecule has 0 atom stereocenters. The van der Waals surface area contributed by atoms with Crippen LogP contribution < -0.4 is 0 Å². The summed E-state index contributed by atoms with van der Waals surface area (Å²) in [7, 11) is 0.115. The van der Waals surface area contributed by atoms with Crippen molar-refractivity contribution < 1.29 is 9.47 Å². The lowest BCUT2D eigenvalue weighted by Gasteiger charge is -2.18. The van der Waals surface area contributed by atoms with E-state index in [2.05, 4.69) is 13.8 Å². The van der Waals surface area contributed by atoms with Gasteiger partial charge in [-0.05, 0) is 25.7 Å². The molecular formula is C15H33ClO2Si. The van der Waals surface area contributed by atoms with Crippen LogP contribution in [0.1, 0.15) is 58.8 Å². The summed E-state index contributed by atoms with van der Waals surface area (Å²) >= 11 is 5.69. The Morgan fingerprint density at radius 1 is 0.895 bits per heavy atom. The summed E-state index contributed by atoms with van der Waals surface area (Å²) in [6, 6.07) is 2.79. The molecule has 0 fully saturated rings. The topological polar surface area (TPSA) is 18.5 Å². The maximum absolute atomic E-state index is 5.83. The van der Waals surface area contributed by atoms with E-state index in [0.29, 0.717) is 0 Å². The first-order valence-corrected chi connectivity index (χ1v) is 10.7. The van der Waals surface area contributed by atoms with Gasteiger partial charge in [-0.15, -0.1) is 11.6 Å². The molecule has 0 aliphatic heterocycles. The smallest absolute Gasteiger partial charge is 0.157 e. The Bertz CT molecular complexity index is 160. The summed E-state index contributed by atoms with van der Waals surface area (Å²) in [5.41, 5.74) is 0. The van der Waals surface area contributed by atoms with Crippen LogP contribution in [-0.4, -0.2) is 34.9 Å². The number of alkyl halides is 1. The maximum Gasteiger partial charge on any atom is 0.157 e. The van der Waals surface area contributed by atoms with Crippen LogP contribution in [0.25, 0.3) is 0 Å². The normalized spacial score (nSPS) is 12.0. The van der Waals surface area contributed by atoms with Gasteiger partial charge in [0.05, 0.1) is 0 Å². The van der Waals surface area contributed by atoms with E-state index in [0.717, 1.165) is 38.4 Å². The van der Waals surface area contributed by atoms with Gasteiger partial charge in [0, 0.05) is 28.6 Å². The van der Waals surface area contributed by atoms with E-state index in [-0.39, 0.29) is 15.8 Å². The van der Waals surface area contributed by atoms with Gasteiger partial charge in [0.2, 0.25) is 0 Å². The van der Waals surface area contributed by atoms with E-state index in [1.54, 1.807) is 0 Å². The average Bonchev–Trinajstić information content (AvgIpc) is 2.42. The van der Waals surface area contributed by atoms with Crippen LogP contribution in [0.2, 0.25) is 12.1 Å². The fraction of sp³-hybridized carbons (Fsp3) is 1.00. The molecule has 0 aromatic heterocycles. The standard InChI is InChI=1S/C15H33ClO2Si/c1-3-5-11-17-15(18-12-6-4-2)9-7-13-19-14-8-10-16/h15H,3-14,19H2,1-2H3. The van der Waals surface area contributed by atoms with Crippen molar-refractivity contribution >= 4 is 21.1 Å². The molecule has 0 aromatic carbocycles. The Balaban J connectivity index is 3.58. The molecule has 0 rings (SSSR count). The number of ether oxygens (including phenoxy) is 2. The van der Waals surface area contributed by atoms with Gasteiger partial charge in [0.15, 0.2) is 6.29 Å². The van der Waals surface area contributed by atoms with Gasteiger partial charge in [-0.25, -0.2) is 0 Å². The van der Waals surface area contributed by atoms with Gasteiger partial charge in [0.25, 0.3) is 0 Å². The molecule has 0 aromatic rings. The van der Waals surface area contributed by atoms with E-state index >= 15 is 0 Å². The van der Waals surface area contributed by atoms with E-state index in [1.165, 1.54) is 37.8 Å². The Hall–Kier alpha value is 0.427. The van der Waals surface area contributed by atoms with Crippen LogP contribution in [0.5, 0.6) is 0 Å². The number of unbranched alkanes of at least 4 members (excludes halogenated alkanes) is 2. The maximum atomic E-state index is 5.83. The molecular weight excluding hydrogens is 276 g/mol. The Morgan fingerprint density at radius 3 is 2.00 bits per heavy atom. The zero-order valence-corrected chi connectivity index (χ0v) is 15.1. The monoisotopic (exact) mass is 308 g/mol. The lowest BCUT2D eigenvalue weighted by Crippen LogP contribution is -2.19. The van der Waals surface area contributed by atoms with Gasteiger partial charge in [-0.3, -0.25) is 0 Å². The number of hydrogen-bond donors (Lipinski definition) is 0. The highest BCUT2D eigenvalue weighted by atomic mass is 35.5. The molecule has 0 radical (unpaired) electrons. The van der Waals surface area contributed by atoms with Gasteiger partial charge < -0.3 is 9.47 Å². The van der Waals surface area contributed by atoms with Gasteiger partial charge in [0.1, 0.15) is 0 Å². The number of hydrogen-bond acceptors (Lipinski definition) is 2. The lowest BCUT2D eigenvalue weighted by atomic mass is 10.3. The molecule has 0 heterocycles. The summed E-state index contributed by atoms with van der Waals surface area (Å²) < 4.78 is 11.7. The fourth-order valence-electron chi connectivity index (χ4n) is 1.87. The molecule has 0 spiro atoms. The van der Waals surface area contributed by atoms with Crippen molar-refractivity contribution in [3.8, 4) is 0 Å². The van der Waals surface area contributed by atoms with Crippen LogP contribution in [0.3, 0.4) is 0 Å². The van der Waals surface area contributed by atoms with Crippen LogP contribution in [0.4, 0.5) is 0 Å². The van der Waals surface area contributed by atoms with Crippen molar-refractivity contribution in [3.05, 3.63) is 0 Å². The van der Waals surface area contributed by atoms with Crippen molar-refractivity contribution in [2.45, 2.75) is 77.2 Å². The number of halogens is 1. The molecule has 0 aliphatic carbocycles. The molecule has 0 bridgehead atoms. The predicted molar refractivity (Wildman–Crippen MR) is 88.2 cm³/mol. The fourth-order valence-corrected chi connectivity index (χ4v) is 3.97. The van der Waals surface area contributed by atoms with Gasteiger partial charge in [-0.1, -0.05) is 45.2 Å². The summed E-state index contributed by atoms with van der Waals surface area (Å²) in [6.45, 7) is 6.07. The first-order chi connectivity index (χ1) is 9.35. The van der Waals surface area contributed by atoms with E-state index < -0.39 is 0 Å². The third-order valence-electron chi connectivity index (χ3n) is 3.18. The van der Waals surface area contributed by atoms with Crippen LogP contribution in [-0.2, 0) is 9.47 Å². The highest BCUT2D eigenvalue weighted by Crippen LogP contribution is 2.10. The number of rotatable bonds is 15. The van der Waals surface area contributed by atoms with E-state index in [4.69, 9.17) is 21.1 Å². The molecule has 116 valence electrons. The minimum absolute atomic E-state index is 0.0418. The third-order valence-corrected chi connectivity index (χ3v) is 5.44. The average molecular weight is 309 g/mol. The zero-order valence-electron chi connectivity index (χ0n) is 13.0. The molecule has 0 saturated heterocycles. The van der Waals surface area contributed by atoms with Crippen LogP contribution in [0, 0.1) is 0 Å². The minimum Gasteiger partial charge on any atom is -0.353 e. The SMILES string of the molecule is CCCCOC(CCC[SiH2]CCCCl)OCCCC. The van der Waals surface area contributed by atoms with Crippen molar-refractivity contribution in [2.75, 3.05) is 19.1 Å². The van der Waals surface area contributed by atoms with Gasteiger partial charge >= 0.3 is 0 Å². The van der Waals surface area contributed by atoms with Crippen molar-refractivity contribution in [1.29, 1.82) is 0 Å². The first kappa shape index (κ1) is 19.4. The van der Waals surface area contributed by atoms with Crippen LogP contribution >= 0.6 is 11.6 Å². The molecule has 0 saturated carbocycles. The zero-order chi connectivity index (χ0) is 14.2. The molecule has 19 heavy (non-hydrogen) atoms. The quantitative estimate of drug-likeness (QED) is 0.194. The molecule has 0 aliphatic rings. The minimum atomic E-state index is 0.0418. The Labute approximate surface area is 127 Å².